The maximum atomic E-state index is 12.8. The van der Waals surface area contributed by atoms with E-state index < -0.39 is 17.4 Å². The summed E-state index contributed by atoms with van der Waals surface area (Å²) in [7, 11) is 0. The molecule has 3 N–H and O–H groups in total. The molecule has 0 atom stereocenters. The topological polar surface area (TPSA) is 147 Å². The molecule has 0 bridgehead atoms. The van der Waals surface area contributed by atoms with Crippen LogP contribution in [0.15, 0.2) is 65.5 Å². The number of carbonyl (C=O) groups is 2. The zero-order valence-corrected chi connectivity index (χ0v) is 15.7. The summed E-state index contributed by atoms with van der Waals surface area (Å²) in [4.78, 5) is 36.8. The first-order valence-electron chi connectivity index (χ1n) is 9.07. The quantitative estimate of drug-likeness (QED) is 0.471. The van der Waals surface area contributed by atoms with Crippen LogP contribution in [0.2, 0.25) is 0 Å². The molecule has 0 saturated carbocycles. The van der Waals surface area contributed by atoms with Crippen molar-refractivity contribution in [2.75, 3.05) is 5.73 Å². The van der Waals surface area contributed by atoms with Crippen LogP contribution in [-0.4, -0.2) is 36.6 Å². The number of nitrogen functional groups attached to an aromatic ring is 1. The van der Waals surface area contributed by atoms with Gasteiger partial charge >= 0.3 is 6.01 Å². The van der Waals surface area contributed by atoms with Gasteiger partial charge in [0.15, 0.2) is 5.75 Å². The number of nitrogens with two attached hydrogens (primary N) is 1. The molecule has 2 aromatic carbocycles. The minimum absolute atomic E-state index is 0.0550. The Balaban J connectivity index is 1.63. The molecule has 2 amide bonds. The number of nitrogens with one attached hydrogen (secondary N) is 1. The Morgan fingerprint density at radius 1 is 0.935 bits per heavy atom. The summed E-state index contributed by atoms with van der Waals surface area (Å²) in [5.74, 6) is -1.29. The Bertz CT molecular complexity index is 1410. The summed E-state index contributed by atoms with van der Waals surface area (Å²) in [5.41, 5.74) is 6.34. The maximum absolute atomic E-state index is 12.8. The summed E-state index contributed by atoms with van der Waals surface area (Å²) in [6, 6.07) is 16.8. The number of aromatic nitrogens is 5. The van der Waals surface area contributed by atoms with E-state index in [2.05, 4.69) is 20.8 Å². The number of tetrazole rings is 1. The third-order valence-electron chi connectivity index (χ3n) is 4.70. The lowest BCUT2D eigenvalue weighted by molar-refractivity contribution is 0.0880. The molecule has 4 aromatic rings. The molecular formula is C20H13N7O4. The molecule has 1 aliphatic rings. The fourth-order valence-corrected chi connectivity index (χ4v) is 3.33. The highest BCUT2D eigenvalue weighted by molar-refractivity contribution is 6.23. The van der Waals surface area contributed by atoms with Crippen LogP contribution in [0.3, 0.4) is 0 Å². The van der Waals surface area contributed by atoms with Crippen molar-refractivity contribution in [3.05, 3.63) is 82.1 Å². The number of ether oxygens (including phenoxy) is 1. The molecule has 152 valence electrons. The van der Waals surface area contributed by atoms with E-state index in [0.29, 0.717) is 5.69 Å². The van der Waals surface area contributed by atoms with Crippen molar-refractivity contribution < 1.29 is 14.3 Å². The minimum Gasteiger partial charge on any atom is -0.421 e. The zero-order chi connectivity index (χ0) is 21.5. The Kier molecular flexibility index (Phi) is 4.07. The molecule has 0 radical (unpaired) electrons. The van der Waals surface area contributed by atoms with E-state index >= 15 is 0 Å². The second kappa shape index (κ2) is 6.91. The number of benzene rings is 2. The van der Waals surface area contributed by atoms with Crippen molar-refractivity contribution in [2.24, 2.45) is 0 Å². The average molecular weight is 415 g/mol. The van der Waals surface area contributed by atoms with Gasteiger partial charge in [0.25, 0.3) is 17.4 Å². The van der Waals surface area contributed by atoms with Gasteiger partial charge in [-0.1, -0.05) is 35.4 Å². The molecule has 0 fully saturated rings. The number of pyridine rings is 1. The molecule has 11 nitrogen and oxygen atoms in total. The Labute approximate surface area is 173 Å². The molecule has 1 aliphatic heterocycles. The van der Waals surface area contributed by atoms with E-state index in [1.807, 2.05) is 18.2 Å². The van der Waals surface area contributed by atoms with Crippen LogP contribution in [0.4, 0.5) is 5.82 Å². The first-order valence-corrected chi connectivity index (χ1v) is 9.07. The predicted molar refractivity (Wildman–Crippen MR) is 107 cm³/mol. The Morgan fingerprint density at radius 3 is 2.48 bits per heavy atom. The SMILES string of the molecule is Nc1c2c(cc(=O)n1-c1ccccc1Oc1nnnn1-c1ccccc1)C(=O)NC2=O. The van der Waals surface area contributed by atoms with Crippen LogP contribution in [0.1, 0.15) is 20.7 Å². The first kappa shape index (κ1) is 18.2. The summed E-state index contributed by atoms with van der Waals surface area (Å²) >= 11 is 0. The van der Waals surface area contributed by atoms with Gasteiger partial charge in [0.05, 0.1) is 22.5 Å². The molecule has 11 heteroatoms. The number of anilines is 1. The molecule has 5 rings (SSSR count). The molecule has 0 spiro atoms. The smallest absolute Gasteiger partial charge is 0.345 e. The maximum Gasteiger partial charge on any atom is 0.345 e. The second-order valence-corrected chi connectivity index (χ2v) is 6.55. The van der Waals surface area contributed by atoms with Crippen LogP contribution in [0.25, 0.3) is 11.4 Å². The summed E-state index contributed by atoms with van der Waals surface area (Å²) in [5, 5.41) is 13.6. The van der Waals surface area contributed by atoms with Gasteiger partial charge in [-0.2, -0.15) is 4.68 Å². The number of amides is 2. The van der Waals surface area contributed by atoms with E-state index in [4.69, 9.17) is 10.5 Å². The van der Waals surface area contributed by atoms with Crippen molar-refractivity contribution in [2.45, 2.75) is 0 Å². The Morgan fingerprint density at radius 2 is 1.68 bits per heavy atom. The minimum atomic E-state index is -0.669. The van der Waals surface area contributed by atoms with Crippen molar-refractivity contribution >= 4 is 17.6 Å². The number of imide groups is 1. The number of rotatable bonds is 4. The number of carbonyl (C=O) groups excluding carboxylic acids is 2. The number of para-hydroxylation sites is 3. The standard InChI is InChI=1S/C20H13N7O4/c21-17-16-12(18(29)22-19(16)30)10-15(28)26(17)13-8-4-5-9-14(13)31-20-23-24-25-27(20)11-6-2-1-3-7-11/h1-10H,21H2,(H,22,29,30). The molecule has 3 heterocycles. The second-order valence-electron chi connectivity index (χ2n) is 6.55. The Hall–Kier alpha value is -4.80. The highest BCUT2D eigenvalue weighted by atomic mass is 16.5. The van der Waals surface area contributed by atoms with E-state index in [1.54, 1.807) is 36.4 Å². The lowest BCUT2D eigenvalue weighted by atomic mass is 10.1. The number of fused-ring (bicyclic) bond motifs is 1. The number of hydrogen-bond acceptors (Lipinski definition) is 8. The van der Waals surface area contributed by atoms with Crippen molar-refractivity contribution in [3.8, 4) is 23.1 Å². The zero-order valence-electron chi connectivity index (χ0n) is 15.7. The predicted octanol–water partition coefficient (Wildman–Crippen LogP) is 1.07. The van der Waals surface area contributed by atoms with Gasteiger partial charge in [0, 0.05) is 6.07 Å². The van der Waals surface area contributed by atoms with E-state index in [9.17, 15) is 14.4 Å². The van der Waals surface area contributed by atoms with Crippen LogP contribution in [-0.2, 0) is 0 Å². The van der Waals surface area contributed by atoms with Gasteiger partial charge in [0.1, 0.15) is 5.82 Å². The molecule has 0 saturated heterocycles. The lowest BCUT2D eigenvalue weighted by Crippen LogP contribution is -2.24. The first-order chi connectivity index (χ1) is 15.0. The van der Waals surface area contributed by atoms with Gasteiger partial charge in [-0.3, -0.25) is 24.3 Å². The molecule has 31 heavy (non-hydrogen) atoms. The fourth-order valence-electron chi connectivity index (χ4n) is 3.33. The normalized spacial score (nSPS) is 12.5. The van der Waals surface area contributed by atoms with Crippen LogP contribution < -0.4 is 21.3 Å². The van der Waals surface area contributed by atoms with Crippen LogP contribution >= 0.6 is 0 Å². The van der Waals surface area contributed by atoms with E-state index in [0.717, 1.165) is 10.6 Å². The van der Waals surface area contributed by atoms with Gasteiger partial charge in [-0.25, -0.2) is 0 Å². The van der Waals surface area contributed by atoms with Crippen LogP contribution in [0.5, 0.6) is 11.8 Å². The van der Waals surface area contributed by atoms with Crippen molar-refractivity contribution in [3.63, 3.8) is 0 Å². The molecule has 0 aliphatic carbocycles. The summed E-state index contributed by atoms with van der Waals surface area (Å²) < 4.78 is 8.40. The van der Waals surface area contributed by atoms with Gasteiger partial charge < -0.3 is 10.5 Å². The average Bonchev–Trinajstić information content (AvgIpc) is 3.34. The number of nitrogens with zero attached hydrogens (tertiary/aromatic N) is 5. The summed E-state index contributed by atoms with van der Waals surface area (Å²) in [6.07, 6.45) is 0. The fraction of sp³-hybridized carbons (Fsp3) is 0. The third kappa shape index (κ3) is 2.92. The van der Waals surface area contributed by atoms with Crippen molar-refractivity contribution in [1.82, 2.24) is 30.1 Å². The molecule has 0 unspecified atom stereocenters. The highest BCUT2D eigenvalue weighted by Crippen LogP contribution is 2.30. The van der Waals surface area contributed by atoms with Crippen molar-refractivity contribution in [1.29, 1.82) is 0 Å². The molecule has 2 aromatic heterocycles. The number of hydrogen-bond donors (Lipinski definition) is 2. The third-order valence-corrected chi connectivity index (χ3v) is 4.70. The van der Waals surface area contributed by atoms with Crippen LogP contribution in [0, 0.1) is 0 Å². The monoisotopic (exact) mass is 415 g/mol. The van der Waals surface area contributed by atoms with Gasteiger partial charge in [-0.15, -0.1) is 0 Å². The van der Waals surface area contributed by atoms with E-state index in [-0.39, 0.29) is 34.4 Å². The largest absolute Gasteiger partial charge is 0.421 e. The molecular weight excluding hydrogens is 402 g/mol. The highest BCUT2D eigenvalue weighted by Gasteiger charge is 2.32. The summed E-state index contributed by atoms with van der Waals surface area (Å²) in [6.45, 7) is 0. The van der Waals surface area contributed by atoms with E-state index in [1.165, 1.54) is 4.68 Å². The lowest BCUT2D eigenvalue weighted by Gasteiger charge is -2.15. The van der Waals surface area contributed by atoms with Gasteiger partial charge in [-0.05, 0) is 34.7 Å². The van der Waals surface area contributed by atoms with Gasteiger partial charge in [0.2, 0.25) is 0 Å².